The number of amides is 2. The highest BCUT2D eigenvalue weighted by Gasteiger charge is 2.16. The molecule has 0 unspecified atom stereocenters. The Hall–Kier alpha value is -1.59. The van der Waals surface area contributed by atoms with Crippen LogP contribution in [0.5, 0.6) is 0 Å². The van der Waals surface area contributed by atoms with Crippen LogP contribution in [-0.4, -0.2) is 43.9 Å². The van der Waals surface area contributed by atoms with Crippen molar-refractivity contribution in [3.8, 4) is 0 Å². The van der Waals surface area contributed by atoms with Crippen molar-refractivity contribution in [2.24, 2.45) is 0 Å². The number of carbonyl (C=O) groups is 2. The Kier molecular flexibility index (Phi) is 6.48. The summed E-state index contributed by atoms with van der Waals surface area (Å²) < 4.78 is 0. The number of nitrogens with one attached hydrogen (secondary N) is 1. The van der Waals surface area contributed by atoms with Crippen LogP contribution >= 0.6 is 11.6 Å². The average Bonchev–Trinajstić information content (AvgIpc) is 2.44. The summed E-state index contributed by atoms with van der Waals surface area (Å²) in [5, 5.41) is 5.12. The number of quaternary nitrogens is 1. The molecule has 0 aromatic heterocycles. The van der Waals surface area contributed by atoms with Crippen molar-refractivity contribution >= 4 is 23.4 Å². The second-order valence-corrected chi connectivity index (χ2v) is 5.14. The summed E-state index contributed by atoms with van der Waals surface area (Å²) in [6, 6.07) is 7.72. The molecule has 0 saturated carbocycles. The molecule has 1 aromatic rings. The van der Waals surface area contributed by atoms with E-state index >= 15 is 0 Å². The summed E-state index contributed by atoms with van der Waals surface area (Å²) in [5.74, 6) is -0.249. The standard InChI is InChI=1S/C14H20ClN3O2/c1-10(11-4-6-12(15)7-5-11)17-8-14(20)18(3)9-13(19)16-2/h4-7,10,17H,8-9H2,1-3H3,(H,16,19)/p+1/t10-/m1/s1. The van der Waals surface area contributed by atoms with Crippen LogP contribution in [0.15, 0.2) is 24.3 Å². The molecule has 2 amide bonds. The second kappa shape index (κ2) is 7.87. The Labute approximate surface area is 124 Å². The Bertz CT molecular complexity index is 462. The molecule has 0 saturated heterocycles. The molecule has 0 heterocycles. The molecular weight excluding hydrogens is 278 g/mol. The number of nitrogens with zero attached hydrogens (tertiary/aromatic N) is 1. The lowest BCUT2D eigenvalue weighted by molar-refractivity contribution is -0.683. The van der Waals surface area contributed by atoms with E-state index in [1.165, 1.54) is 4.90 Å². The smallest absolute Gasteiger partial charge is 0.277 e. The first-order valence-electron chi connectivity index (χ1n) is 6.47. The second-order valence-electron chi connectivity index (χ2n) is 4.70. The van der Waals surface area contributed by atoms with Crippen molar-refractivity contribution in [2.45, 2.75) is 13.0 Å². The number of carbonyl (C=O) groups excluding carboxylic acids is 2. The van der Waals surface area contributed by atoms with Gasteiger partial charge in [-0.15, -0.1) is 0 Å². The van der Waals surface area contributed by atoms with Crippen molar-refractivity contribution in [1.82, 2.24) is 10.2 Å². The third-order valence-electron chi connectivity index (χ3n) is 3.13. The molecule has 0 aliphatic carbocycles. The van der Waals surface area contributed by atoms with E-state index < -0.39 is 0 Å². The number of likely N-dealkylation sites (N-methyl/N-ethyl adjacent to an activating group) is 2. The quantitative estimate of drug-likeness (QED) is 0.786. The summed E-state index contributed by atoms with van der Waals surface area (Å²) in [5.41, 5.74) is 1.11. The summed E-state index contributed by atoms with van der Waals surface area (Å²) >= 11 is 5.84. The third-order valence-corrected chi connectivity index (χ3v) is 3.38. The van der Waals surface area contributed by atoms with E-state index in [0.29, 0.717) is 11.6 Å². The molecule has 0 radical (unpaired) electrons. The first-order valence-corrected chi connectivity index (χ1v) is 6.85. The van der Waals surface area contributed by atoms with Gasteiger partial charge in [0.15, 0.2) is 6.54 Å². The molecule has 1 atom stereocenters. The maximum absolute atomic E-state index is 11.9. The Morgan fingerprint density at radius 1 is 1.35 bits per heavy atom. The van der Waals surface area contributed by atoms with Crippen LogP contribution in [0.1, 0.15) is 18.5 Å². The maximum Gasteiger partial charge on any atom is 0.277 e. The molecule has 3 N–H and O–H groups in total. The zero-order valence-corrected chi connectivity index (χ0v) is 12.8. The van der Waals surface area contributed by atoms with Crippen molar-refractivity contribution < 1.29 is 14.9 Å². The van der Waals surface area contributed by atoms with Crippen LogP contribution in [0.2, 0.25) is 5.02 Å². The molecule has 6 heteroatoms. The maximum atomic E-state index is 11.9. The molecule has 1 aromatic carbocycles. The molecule has 110 valence electrons. The zero-order chi connectivity index (χ0) is 15.1. The number of halogens is 1. The normalized spacial score (nSPS) is 11.8. The van der Waals surface area contributed by atoms with Crippen LogP contribution in [0.3, 0.4) is 0 Å². The van der Waals surface area contributed by atoms with Crippen LogP contribution in [0, 0.1) is 0 Å². The van der Waals surface area contributed by atoms with Crippen molar-refractivity contribution in [2.75, 3.05) is 27.2 Å². The van der Waals surface area contributed by atoms with Gasteiger partial charge < -0.3 is 15.5 Å². The topological polar surface area (TPSA) is 66.0 Å². The number of benzene rings is 1. The molecule has 5 nitrogen and oxygen atoms in total. The van der Waals surface area contributed by atoms with Gasteiger partial charge in [-0.1, -0.05) is 23.7 Å². The zero-order valence-electron chi connectivity index (χ0n) is 12.0. The van der Waals surface area contributed by atoms with Crippen molar-refractivity contribution in [3.63, 3.8) is 0 Å². The van der Waals surface area contributed by atoms with Crippen molar-refractivity contribution in [1.29, 1.82) is 0 Å². The fourth-order valence-corrected chi connectivity index (χ4v) is 1.84. The lowest BCUT2D eigenvalue weighted by atomic mass is 10.1. The van der Waals surface area contributed by atoms with E-state index in [2.05, 4.69) is 5.32 Å². The van der Waals surface area contributed by atoms with E-state index in [1.807, 2.05) is 36.5 Å². The minimum atomic E-state index is -0.174. The number of hydrogen-bond acceptors (Lipinski definition) is 2. The van der Waals surface area contributed by atoms with Crippen LogP contribution < -0.4 is 10.6 Å². The van der Waals surface area contributed by atoms with Gasteiger partial charge in [-0.2, -0.15) is 0 Å². The molecular formula is C14H21ClN3O2+. The SMILES string of the molecule is CNC(=O)CN(C)C(=O)C[NH2+][C@H](C)c1ccc(Cl)cc1. The highest BCUT2D eigenvalue weighted by atomic mass is 35.5. The number of rotatable bonds is 6. The lowest BCUT2D eigenvalue weighted by Gasteiger charge is -2.17. The minimum absolute atomic E-state index is 0.0746. The molecule has 0 aliphatic heterocycles. The van der Waals surface area contributed by atoms with Gasteiger partial charge in [-0.25, -0.2) is 0 Å². The predicted octanol–water partition coefficient (Wildman–Crippen LogP) is 0.169. The summed E-state index contributed by atoms with van der Waals surface area (Å²) in [6.07, 6.45) is 0. The number of hydrogen-bond donors (Lipinski definition) is 2. The van der Waals surface area contributed by atoms with Gasteiger partial charge in [-0.05, 0) is 19.1 Å². The molecule has 0 bridgehead atoms. The molecule has 1 rings (SSSR count). The van der Waals surface area contributed by atoms with E-state index in [-0.39, 0.29) is 24.4 Å². The summed E-state index contributed by atoms with van der Waals surface area (Å²) in [7, 11) is 3.17. The number of nitrogens with two attached hydrogens (primary N) is 1. The van der Waals surface area contributed by atoms with Gasteiger partial charge in [0, 0.05) is 24.7 Å². The summed E-state index contributed by atoms with van der Waals surface area (Å²) in [6.45, 7) is 2.41. The largest absolute Gasteiger partial charge is 0.358 e. The van der Waals surface area contributed by atoms with E-state index in [4.69, 9.17) is 11.6 Å². The Morgan fingerprint density at radius 3 is 2.50 bits per heavy atom. The molecule has 20 heavy (non-hydrogen) atoms. The highest BCUT2D eigenvalue weighted by molar-refractivity contribution is 6.30. The first kappa shape index (κ1) is 16.5. The van der Waals surface area contributed by atoms with E-state index in [0.717, 1.165) is 5.56 Å². The average molecular weight is 299 g/mol. The minimum Gasteiger partial charge on any atom is -0.358 e. The van der Waals surface area contributed by atoms with Gasteiger partial charge in [0.2, 0.25) is 5.91 Å². The fourth-order valence-electron chi connectivity index (χ4n) is 1.72. The molecule has 0 aliphatic rings. The predicted molar refractivity (Wildman–Crippen MR) is 78.4 cm³/mol. The monoisotopic (exact) mass is 298 g/mol. The first-order chi connectivity index (χ1) is 9.43. The van der Waals surface area contributed by atoms with Gasteiger partial charge in [0.05, 0.1) is 6.54 Å². The molecule has 0 spiro atoms. The fraction of sp³-hybridized carbons (Fsp3) is 0.429. The highest BCUT2D eigenvalue weighted by Crippen LogP contribution is 2.13. The van der Waals surface area contributed by atoms with Crippen LogP contribution in [0.4, 0.5) is 0 Å². The van der Waals surface area contributed by atoms with E-state index in [9.17, 15) is 9.59 Å². The van der Waals surface area contributed by atoms with Crippen LogP contribution in [-0.2, 0) is 9.59 Å². The molecule has 0 fully saturated rings. The van der Waals surface area contributed by atoms with Crippen molar-refractivity contribution in [3.05, 3.63) is 34.9 Å². The Morgan fingerprint density at radius 2 is 1.95 bits per heavy atom. The lowest BCUT2D eigenvalue weighted by Crippen LogP contribution is -2.87. The summed E-state index contributed by atoms with van der Waals surface area (Å²) in [4.78, 5) is 24.5. The van der Waals surface area contributed by atoms with Gasteiger partial charge in [0.1, 0.15) is 6.04 Å². The van der Waals surface area contributed by atoms with Gasteiger partial charge in [0.25, 0.3) is 5.91 Å². The van der Waals surface area contributed by atoms with Gasteiger partial charge >= 0.3 is 0 Å². The third kappa shape index (κ3) is 5.19. The van der Waals surface area contributed by atoms with Crippen LogP contribution in [0.25, 0.3) is 0 Å². The van der Waals surface area contributed by atoms with E-state index in [1.54, 1.807) is 14.1 Å². The van der Waals surface area contributed by atoms with Gasteiger partial charge in [-0.3, -0.25) is 9.59 Å². The Balaban J connectivity index is 2.44.